The van der Waals surface area contributed by atoms with Gasteiger partial charge in [-0.3, -0.25) is 0 Å². The molecule has 4 atom stereocenters. The maximum atomic E-state index is 13.1. The number of likely N-dealkylation sites (tertiary alicyclic amines) is 1. The first-order valence-corrected chi connectivity index (χ1v) is 9.88. The fourth-order valence-electron chi connectivity index (χ4n) is 5.13. The lowest BCUT2D eigenvalue weighted by atomic mass is 9.91. The Morgan fingerprint density at radius 2 is 1.63 bits per heavy atom. The van der Waals surface area contributed by atoms with Gasteiger partial charge in [0.1, 0.15) is 11.6 Å². The van der Waals surface area contributed by atoms with E-state index < -0.39 is 5.60 Å². The van der Waals surface area contributed by atoms with Crippen LogP contribution in [0.1, 0.15) is 36.8 Å². The molecule has 2 fully saturated rings. The van der Waals surface area contributed by atoms with Crippen molar-refractivity contribution in [3.8, 4) is 5.75 Å². The molecule has 2 aliphatic rings. The highest BCUT2D eigenvalue weighted by Crippen LogP contribution is 2.45. The number of phenolic OH excluding ortho intramolecular Hbond substituents is 1. The zero-order chi connectivity index (χ0) is 19.0. The van der Waals surface area contributed by atoms with Gasteiger partial charge in [-0.25, -0.2) is 4.39 Å². The second-order valence-electron chi connectivity index (χ2n) is 8.67. The SMILES string of the molecule is CC(CN1C[C@@H]2C[C@@](O)(Cc3ccc(F)cc3)C[C@@H]2C1)c1ccc(O)cc1. The van der Waals surface area contributed by atoms with Crippen molar-refractivity contribution in [3.05, 3.63) is 65.5 Å². The third-order valence-electron chi connectivity index (χ3n) is 6.38. The van der Waals surface area contributed by atoms with Gasteiger partial charge < -0.3 is 15.1 Å². The van der Waals surface area contributed by atoms with Crippen LogP contribution in [0.5, 0.6) is 5.75 Å². The topological polar surface area (TPSA) is 43.7 Å². The van der Waals surface area contributed by atoms with Crippen molar-refractivity contribution in [2.24, 2.45) is 11.8 Å². The molecule has 1 aliphatic heterocycles. The molecule has 0 amide bonds. The van der Waals surface area contributed by atoms with E-state index in [-0.39, 0.29) is 5.82 Å². The molecule has 27 heavy (non-hydrogen) atoms. The first-order valence-electron chi connectivity index (χ1n) is 9.88. The average molecular weight is 369 g/mol. The van der Waals surface area contributed by atoms with Gasteiger partial charge >= 0.3 is 0 Å². The summed E-state index contributed by atoms with van der Waals surface area (Å²) in [5.41, 5.74) is 1.61. The van der Waals surface area contributed by atoms with Gasteiger partial charge in [0.25, 0.3) is 0 Å². The molecule has 0 aromatic heterocycles. The summed E-state index contributed by atoms with van der Waals surface area (Å²) < 4.78 is 13.1. The van der Waals surface area contributed by atoms with Crippen LogP contribution in [-0.4, -0.2) is 40.3 Å². The minimum Gasteiger partial charge on any atom is -0.508 e. The third-order valence-corrected chi connectivity index (χ3v) is 6.38. The van der Waals surface area contributed by atoms with Crippen LogP contribution in [0.4, 0.5) is 4.39 Å². The monoisotopic (exact) mass is 369 g/mol. The molecule has 1 unspecified atom stereocenters. The van der Waals surface area contributed by atoms with E-state index in [1.165, 1.54) is 17.7 Å². The average Bonchev–Trinajstić information content (AvgIpc) is 3.11. The summed E-state index contributed by atoms with van der Waals surface area (Å²) in [4.78, 5) is 2.52. The number of aromatic hydroxyl groups is 1. The quantitative estimate of drug-likeness (QED) is 0.839. The lowest BCUT2D eigenvalue weighted by Crippen LogP contribution is -2.33. The molecule has 2 N–H and O–H groups in total. The molecule has 4 rings (SSSR count). The lowest BCUT2D eigenvalue weighted by molar-refractivity contribution is 0.0353. The maximum absolute atomic E-state index is 13.1. The zero-order valence-electron chi connectivity index (χ0n) is 15.8. The van der Waals surface area contributed by atoms with Crippen LogP contribution in [0.2, 0.25) is 0 Å². The Morgan fingerprint density at radius 1 is 1.04 bits per heavy atom. The molecule has 2 aromatic rings. The zero-order valence-corrected chi connectivity index (χ0v) is 15.8. The minimum absolute atomic E-state index is 0.229. The summed E-state index contributed by atoms with van der Waals surface area (Å²) in [5, 5.41) is 20.5. The van der Waals surface area contributed by atoms with Gasteiger partial charge in [-0.05, 0) is 66.0 Å². The van der Waals surface area contributed by atoms with Crippen LogP contribution >= 0.6 is 0 Å². The molecular weight excluding hydrogens is 341 g/mol. The molecule has 1 saturated heterocycles. The van der Waals surface area contributed by atoms with Gasteiger partial charge in [0, 0.05) is 26.1 Å². The second kappa shape index (κ2) is 7.25. The molecule has 0 radical (unpaired) electrons. The number of phenols is 1. The van der Waals surface area contributed by atoms with Crippen molar-refractivity contribution in [2.45, 2.75) is 37.7 Å². The molecule has 0 bridgehead atoms. The van der Waals surface area contributed by atoms with Crippen LogP contribution < -0.4 is 0 Å². The lowest BCUT2D eigenvalue weighted by Gasteiger charge is -2.27. The summed E-state index contributed by atoms with van der Waals surface area (Å²) in [6.07, 6.45) is 2.28. The fourth-order valence-corrected chi connectivity index (χ4v) is 5.13. The van der Waals surface area contributed by atoms with E-state index in [2.05, 4.69) is 11.8 Å². The van der Waals surface area contributed by atoms with Crippen molar-refractivity contribution < 1.29 is 14.6 Å². The van der Waals surface area contributed by atoms with Crippen molar-refractivity contribution in [2.75, 3.05) is 19.6 Å². The Balaban J connectivity index is 1.32. The van der Waals surface area contributed by atoms with E-state index in [0.717, 1.165) is 38.0 Å². The largest absolute Gasteiger partial charge is 0.508 e. The standard InChI is InChI=1S/C23H28FNO2/c1-16(18-4-8-22(26)9-5-18)13-25-14-19-11-23(27,12-20(19)15-25)10-17-2-6-21(24)7-3-17/h2-9,16,19-20,26-27H,10-15H2,1H3/t16?,19-,20+,23-. The number of rotatable bonds is 5. The summed E-state index contributed by atoms with van der Waals surface area (Å²) in [6, 6.07) is 14.0. The summed E-state index contributed by atoms with van der Waals surface area (Å²) in [5.74, 6) is 1.59. The predicted molar refractivity (Wildman–Crippen MR) is 104 cm³/mol. The van der Waals surface area contributed by atoms with Crippen LogP contribution in [-0.2, 0) is 6.42 Å². The first kappa shape index (κ1) is 18.5. The van der Waals surface area contributed by atoms with Gasteiger partial charge in [-0.2, -0.15) is 0 Å². The minimum atomic E-state index is -0.651. The fraction of sp³-hybridized carbons (Fsp3) is 0.478. The molecule has 0 spiro atoms. The highest BCUT2D eigenvalue weighted by atomic mass is 19.1. The van der Waals surface area contributed by atoms with E-state index in [1.807, 2.05) is 12.1 Å². The summed E-state index contributed by atoms with van der Waals surface area (Å²) in [6.45, 7) is 5.32. The number of halogens is 1. The molecule has 1 aliphatic carbocycles. The number of aliphatic hydroxyl groups is 1. The first-order chi connectivity index (χ1) is 12.9. The second-order valence-corrected chi connectivity index (χ2v) is 8.67. The van der Waals surface area contributed by atoms with Crippen molar-refractivity contribution >= 4 is 0 Å². The molecular formula is C23H28FNO2. The highest BCUT2D eigenvalue weighted by Gasteiger charge is 2.48. The maximum Gasteiger partial charge on any atom is 0.123 e. The van der Waals surface area contributed by atoms with E-state index >= 15 is 0 Å². The van der Waals surface area contributed by atoms with Crippen LogP contribution in [0, 0.1) is 17.7 Å². The van der Waals surface area contributed by atoms with Crippen molar-refractivity contribution in [1.29, 1.82) is 0 Å². The normalized spacial score (nSPS) is 29.0. The van der Waals surface area contributed by atoms with Gasteiger partial charge in [0.15, 0.2) is 0 Å². The number of nitrogens with zero attached hydrogens (tertiary/aromatic N) is 1. The van der Waals surface area contributed by atoms with Crippen LogP contribution in [0.3, 0.4) is 0 Å². The van der Waals surface area contributed by atoms with Gasteiger partial charge in [-0.15, -0.1) is 0 Å². The number of hydrogen-bond donors (Lipinski definition) is 2. The molecule has 1 saturated carbocycles. The molecule has 144 valence electrons. The summed E-state index contributed by atoms with van der Waals surface area (Å²) in [7, 11) is 0. The predicted octanol–water partition coefficient (Wildman–Crippen LogP) is 3.95. The third kappa shape index (κ3) is 4.17. The number of fused-ring (bicyclic) bond motifs is 1. The molecule has 4 heteroatoms. The Bertz CT molecular complexity index is 760. The molecule has 1 heterocycles. The van der Waals surface area contributed by atoms with Crippen molar-refractivity contribution in [1.82, 2.24) is 4.90 Å². The van der Waals surface area contributed by atoms with Gasteiger partial charge in [0.2, 0.25) is 0 Å². The van der Waals surface area contributed by atoms with Gasteiger partial charge in [0.05, 0.1) is 5.60 Å². The van der Waals surface area contributed by atoms with E-state index in [9.17, 15) is 14.6 Å². The summed E-state index contributed by atoms with van der Waals surface area (Å²) >= 11 is 0. The van der Waals surface area contributed by atoms with Gasteiger partial charge in [-0.1, -0.05) is 31.2 Å². The highest BCUT2D eigenvalue weighted by molar-refractivity contribution is 5.28. The number of benzene rings is 2. The Kier molecular flexibility index (Phi) is 4.95. The molecule has 3 nitrogen and oxygen atoms in total. The van der Waals surface area contributed by atoms with Crippen molar-refractivity contribution in [3.63, 3.8) is 0 Å². The molecule has 2 aromatic carbocycles. The number of hydrogen-bond acceptors (Lipinski definition) is 3. The van der Waals surface area contributed by atoms with E-state index in [4.69, 9.17) is 0 Å². The van der Waals surface area contributed by atoms with E-state index in [1.54, 1.807) is 24.3 Å². The Morgan fingerprint density at radius 3 is 2.22 bits per heavy atom. The smallest absolute Gasteiger partial charge is 0.123 e. The Labute approximate surface area is 160 Å². The van der Waals surface area contributed by atoms with Crippen LogP contribution in [0.15, 0.2) is 48.5 Å². The van der Waals surface area contributed by atoms with Crippen LogP contribution in [0.25, 0.3) is 0 Å². The Hall–Kier alpha value is -1.91. The van der Waals surface area contributed by atoms with E-state index in [0.29, 0.717) is 29.9 Å².